The van der Waals surface area contributed by atoms with Crippen molar-refractivity contribution in [3.8, 4) is 11.5 Å². The first-order chi connectivity index (χ1) is 11.1. The number of carbonyl (C=O) groups is 2. The molecule has 1 saturated heterocycles. The molecule has 0 spiro atoms. The van der Waals surface area contributed by atoms with Crippen LogP contribution in [-0.2, 0) is 4.79 Å². The van der Waals surface area contributed by atoms with Gasteiger partial charge in [-0.05, 0) is 36.0 Å². The number of benzene rings is 2. The molecule has 1 fully saturated rings. The lowest BCUT2D eigenvalue weighted by molar-refractivity contribution is -0.113. The Morgan fingerprint density at radius 2 is 1.91 bits per heavy atom. The van der Waals surface area contributed by atoms with E-state index >= 15 is 0 Å². The zero-order valence-corrected chi connectivity index (χ0v) is 13.0. The SMILES string of the molecule is COc1ccccc1C=C1SC(=O)N(c2cccc(O)c2)C1=O. The molecule has 0 bridgehead atoms. The van der Waals surface area contributed by atoms with E-state index in [-0.39, 0.29) is 5.75 Å². The van der Waals surface area contributed by atoms with Crippen molar-refractivity contribution in [2.24, 2.45) is 0 Å². The highest BCUT2D eigenvalue weighted by molar-refractivity contribution is 8.19. The van der Waals surface area contributed by atoms with Crippen molar-refractivity contribution >= 4 is 34.7 Å². The molecule has 0 radical (unpaired) electrons. The first-order valence-corrected chi connectivity index (χ1v) is 7.62. The van der Waals surface area contributed by atoms with Gasteiger partial charge in [-0.3, -0.25) is 9.59 Å². The van der Waals surface area contributed by atoms with Crippen LogP contribution in [0, 0.1) is 0 Å². The van der Waals surface area contributed by atoms with E-state index in [0.29, 0.717) is 16.3 Å². The van der Waals surface area contributed by atoms with Crippen LogP contribution in [0.15, 0.2) is 53.4 Å². The average molecular weight is 327 g/mol. The van der Waals surface area contributed by atoms with Crippen LogP contribution in [0.3, 0.4) is 0 Å². The molecule has 0 aliphatic carbocycles. The largest absolute Gasteiger partial charge is 0.508 e. The number of carbonyl (C=O) groups excluding carboxylic acids is 2. The minimum atomic E-state index is -0.420. The van der Waals surface area contributed by atoms with E-state index in [1.165, 1.54) is 12.1 Å². The lowest BCUT2D eigenvalue weighted by atomic mass is 10.2. The van der Waals surface area contributed by atoms with Crippen LogP contribution in [-0.4, -0.2) is 23.4 Å². The summed E-state index contributed by atoms with van der Waals surface area (Å²) in [6.45, 7) is 0. The molecule has 0 aromatic heterocycles. The van der Waals surface area contributed by atoms with Gasteiger partial charge >= 0.3 is 0 Å². The number of anilines is 1. The van der Waals surface area contributed by atoms with Crippen LogP contribution < -0.4 is 9.64 Å². The van der Waals surface area contributed by atoms with Gasteiger partial charge in [0.1, 0.15) is 11.5 Å². The highest BCUT2D eigenvalue weighted by Gasteiger charge is 2.36. The molecule has 1 aliphatic rings. The van der Waals surface area contributed by atoms with Crippen molar-refractivity contribution < 1.29 is 19.4 Å². The van der Waals surface area contributed by atoms with E-state index in [0.717, 1.165) is 22.2 Å². The zero-order valence-electron chi connectivity index (χ0n) is 12.2. The summed E-state index contributed by atoms with van der Waals surface area (Å²) in [6, 6.07) is 13.3. The van der Waals surface area contributed by atoms with Gasteiger partial charge in [0.2, 0.25) is 0 Å². The molecule has 1 aliphatic heterocycles. The van der Waals surface area contributed by atoms with E-state index in [1.807, 2.05) is 12.1 Å². The summed E-state index contributed by atoms with van der Waals surface area (Å²) < 4.78 is 5.25. The van der Waals surface area contributed by atoms with Crippen molar-refractivity contribution in [3.05, 3.63) is 59.0 Å². The molecule has 3 rings (SSSR count). The molecular weight excluding hydrogens is 314 g/mol. The van der Waals surface area contributed by atoms with Gasteiger partial charge < -0.3 is 9.84 Å². The standard InChI is InChI=1S/C17H13NO4S/c1-22-14-8-3-2-5-11(14)9-15-16(20)18(17(21)23-15)12-6-4-7-13(19)10-12/h2-10,19H,1H3. The number of amides is 2. The van der Waals surface area contributed by atoms with Crippen molar-refractivity contribution in [3.63, 3.8) is 0 Å². The Morgan fingerprint density at radius 1 is 1.13 bits per heavy atom. The molecule has 2 aromatic carbocycles. The predicted molar refractivity (Wildman–Crippen MR) is 89.6 cm³/mol. The highest BCUT2D eigenvalue weighted by Crippen LogP contribution is 2.37. The van der Waals surface area contributed by atoms with Gasteiger partial charge in [0.15, 0.2) is 0 Å². The fourth-order valence-electron chi connectivity index (χ4n) is 2.25. The number of para-hydroxylation sites is 1. The number of rotatable bonds is 3. The molecular formula is C17H13NO4S. The van der Waals surface area contributed by atoms with Crippen LogP contribution in [0.2, 0.25) is 0 Å². The Kier molecular flexibility index (Phi) is 4.08. The van der Waals surface area contributed by atoms with E-state index in [1.54, 1.807) is 37.5 Å². The van der Waals surface area contributed by atoms with Gasteiger partial charge in [0.25, 0.3) is 11.1 Å². The topological polar surface area (TPSA) is 66.8 Å². The van der Waals surface area contributed by atoms with E-state index in [2.05, 4.69) is 0 Å². The third kappa shape index (κ3) is 2.93. The second-order valence-corrected chi connectivity index (χ2v) is 5.77. The minimum absolute atomic E-state index is 0.00439. The number of phenols is 1. The molecule has 0 saturated carbocycles. The molecule has 6 heteroatoms. The smallest absolute Gasteiger partial charge is 0.298 e. The molecule has 2 amide bonds. The number of thioether (sulfide) groups is 1. The second kappa shape index (κ2) is 6.18. The van der Waals surface area contributed by atoms with E-state index in [4.69, 9.17) is 4.74 Å². The normalized spacial score (nSPS) is 16.2. The Labute approximate surface area is 137 Å². The maximum atomic E-state index is 12.5. The van der Waals surface area contributed by atoms with Gasteiger partial charge in [-0.2, -0.15) is 0 Å². The Hall–Kier alpha value is -2.73. The molecule has 116 valence electrons. The monoisotopic (exact) mass is 327 g/mol. The number of nitrogens with zero attached hydrogens (tertiary/aromatic N) is 1. The average Bonchev–Trinajstić information content (AvgIpc) is 2.82. The lowest BCUT2D eigenvalue weighted by Gasteiger charge is -2.12. The minimum Gasteiger partial charge on any atom is -0.508 e. The van der Waals surface area contributed by atoms with Gasteiger partial charge in [-0.15, -0.1) is 0 Å². The molecule has 0 atom stereocenters. The lowest BCUT2D eigenvalue weighted by Crippen LogP contribution is -2.27. The molecule has 1 heterocycles. The quantitative estimate of drug-likeness (QED) is 0.872. The number of methoxy groups -OCH3 is 1. The van der Waals surface area contributed by atoms with Crippen LogP contribution in [0.25, 0.3) is 6.08 Å². The van der Waals surface area contributed by atoms with Crippen molar-refractivity contribution in [1.29, 1.82) is 0 Å². The van der Waals surface area contributed by atoms with Crippen LogP contribution in [0.4, 0.5) is 10.5 Å². The van der Waals surface area contributed by atoms with Gasteiger partial charge in [-0.25, -0.2) is 4.90 Å². The Bertz CT molecular complexity index is 816. The molecule has 1 N–H and O–H groups in total. The molecule has 5 nitrogen and oxygen atoms in total. The molecule has 2 aromatic rings. The van der Waals surface area contributed by atoms with Crippen molar-refractivity contribution in [1.82, 2.24) is 0 Å². The summed E-state index contributed by atoms with van der Waals surface area (Å²) >= 11 is 0.858. The maximum Gasteiger partial charge on any atom is 0.298 e. The first-order valence-electron chi connectivity index (χ1n) is 6.80. The summed E-state index contributed by atoms with van der Waals surface area (Å²) in [4.78, 5) is 26.0. The fraction of sp³-hybridized carbons (Fsp3) is 0.0588. The van der Waals surface area contributed by atoms with E-state index < -0.39 is 11.1 Å². The summed E-state index contributed by atoms with van der Waals surface area (Å²) in [5.74, 6) is 0.198. The number of aromatic hydroxyl groups is 1. The zero-order chi connectivity index (χ0) is 16.4. The molecule has 23 heavy (non-hydrogen) atoms. The third-order valence-corrected chi connectivity index (χ3v) is 4.18. The summed E-state index contributed by atoms with van der Waals surface area (Å²) in [5, 5.41) is 9.13. The number of ether oxygens (including phenoxy) is 1. The fourth-order valence-corrected chi connectivity index (χ4v) is 3.08. The molecule has 0 unspecified atom stereocenters. The van der Waals surface area contributed by atoms with Crippen molar-refractivity contribution in [2.45, 2.75) is 0 Å². The van der Waals surface area contributed by atoms with Crippen LogP contribution in [0.5, 0.6) is 11.5 Å². The van der Waals surface area contributed by atoms with Gasteiger partial charge in [-0.1, -0.05) is 24.3 Å². The van der Waals surface area contributed by atoms with Gasteiger partial charge in [0.05, 0.1) is 17.7 Å². The van der Waals surface area contributed by atoms with Crippen molar-refractivity contribution in [2.75, 3.05) is 12.0 Å². The third-order valence-electron chi connectivity index (χ3n) is 3.31. The van der Waals surface area contributed by atoms with Gasteiger partial charge in [0, 0.05) is 11.6 Å². The second-order valence-electron chi connectivity index (χ2n) is 4.78. The Morgan fingerprint density at radius 3 is 2.65 bits per heavy atom. The number of hydrogen-bond donors (Lipinski definition) is 1. The van der Waals surface area contributed by atoms with Crippen LogP contribution in [0.1, 0.15) is 5.56 Å². The summed E-state index contributed by atoms with van der Waals surface area (Å²) in [6.07, 6.45) is 1.63. The maximum absolute atomic E-state index is 12.5. The first kappa shape index (κ1) is 15.2. The summed E-state index contributed by atoms with van der Waals surface area (Å²) in [5.41, 5.74) is 1.06. The Balaban J connectivity index is 1.97. The number of imide groups is 1. The van der Waals surface area contributed by atoms with Crippen LogP contribution >= 0.6 is 11.8 Å². The number of hydrogen-bond acceptors (Lipinski definition) is 5. The summed E-state index contributed by atoms with van der Waals surface area (Å²) in [7, 11) is 1.55. The number of phenolic OH excluding ortho intramolecular Hbond substituents is 1. The van der Waals surface area contributed by atoms with E-state index in [9.17, 15) is 14.7 Å². The predicted octanol–water partition coefficient (Wildman–Crippen LogP) is 3.64. The highest BCUT2D eigenvalue weighted by atomic mass is 32.2.